The number of carbonyl (C=O) groups is 5. The third-order valence-corrected chi connectivity index (χ3v) is 9.68. The first-order chi connectivity index (χ1) is 23.1. The van der Waals surface area contributed by atoms with Crippen LogP contribution >= 0.6 is 22.7 Å². The first-order valence-electron chi connectivity index (χ1n) is 15.6. The predicted octanol–water partition coefficient (Wildman–Crippen LogP) is 2.42. The standard InChI is InChI=1S/C33H40N8O5S2/c1-36-28(42)19-39-30(44)22(40-31(45)26-17-20-9-2-4-13-24(20)47-26)11-6-7-15-37-29(43)23(12-8-16-38-33(34)35)41-32(46)27-18-21-10-3-5-14-25(21)48-27/h2-5,9-10,13-14,17-18,22-23H,6-8,11-12,15-16,19H2,1H3,(H,36,42)(H,37,43)(H,39,44)(H,40,45)(H,41,46)(H4,34,35,38)/t22-,23-/m0/s1. The zero-order chi connectivity index (χ0) is 34.5. The normalized spacial score (nSPS) is 12.1. The van der Waals surface area contributed by atoms with Crippen molar-refractivity contribution in [2.75, 3.05) is 26.7 Å². The molecule has 0 aliphatic heterocycles. The van der Waals surface area contributed by atoms with Gasteiger partial charge in [-0.1, -0.05) is 36.4 Å². The monoisotopic (exact) mass is 692 g/mol. The van der Waals surface area contributed by atoms with Crippen molar-refractivity contribution in [3.05, 3.63) is 70.4 Å². The van der Waals surface area contributed by atoms with Crippen molar-refractivity contribution < 1.29 is 24.0 Å². The number of nitrogens with one attached hydrogen (secondary N) is 7. The quantitative estimate of drug-likeness (QED) is 0.0471. The summed E-state index contributed by atoms with van der Waals surface area (Å²) in [5, 5.41) is 25.4. The van der Waals surface area contributed by atoms with E-state index in [1.807, 2.05) is 48.5 Å². The van der Waals surface area contributed by atoms with E-state index in [4.69, 9.17) is 11.1 Å². The van der Waals surface area contributed by atoms with Gasteiger partial charge in [0, 0.05) is 29.5 Å². The Morgan fingerprint density at radius 1 is 0.708 bits per heavy atom. The number of unbranched alkanes of at least 4 members (excludes halogenated alkanes) is 1. The van der Waals surface area contributed by atoms with Crippen LogP contribution in [-0.4, -0.2) is 74.3 Å². The van der Waals surface area contributed by atoms with E-state index in [2.05, 4.69) is 31.9 Å². The summed E-state index contributed by atoms with van der Waals surface area (Å²) >= 11 is 2.67. The number of benzene rings is 2. The molecule has 0 fully saturated rings. The van der Waals surface area contributed by atoms with Crippen LogP contribution < -0.4 is 37.6 Å². The summed E-state index contributed by atoms with van der Waals surface area (Å²) in [6.07, 6.45) is 2.05. The number of carbonyl (C=O) groups excluding carboxylic acids is 5. The van der Waals surface area contributed by atoms with E-state index in [-0.39, 0.29) is 49.1 Å². The predicted molar refractivity (Wildman–Crippen MR) is 189 cm³/mol. The molecular weight excluding hydrogens is 653 g/mol. The summed E-state index contributed by atoms with van der Waals surface area (Å²) in [6, 6.07) is 17.1. The van der Waals surface area contributed by atoms with Gasteiger partial charge in [-0.2, -0.15) is 0 Å². The van der Waals surface area contributed by atoms with Crippen LogP contribution in [0, 0.1) is 5.41 Å². The molecule has 0 aliphatic rings. The van der Waals surface area contributed by atoms with Crippen LogP contribution in [-0.2, 0) is 14.4 Å². The maximum absolute atomic E-state index is 13.2. The first kappa shape index (κ1) is 35.8. The van der Waals surface area contributed by atoms with Crippen molar-refractivity contribution >= 4 is 78.3 Å². The Bertz CT molecular complexity index is 1700. The number of thiophene rings is 2. The Hall–Kier alpha value is -5.02. The number of likely N-dealkylation sites (N-methyl/N-ethyl adjacent to an activating group) is 1. The first-order valence-corrected chi connectivity index (χ1v) is 17.2. The lowest BCUT2D eigenvalue weighted by Crippen LogP contribution is -2.49. The number of hydrogen-bond acceptors (Lipinski definition) is 8. The molecule has 5 amide bonds. The minimum atomic E-state index is -0.898. The molecule has 0 saturated carbocycles. The molecule has 254 valence electrons. The summed E-state index contributed by atoms with van der Waals surface area (Å²) in [5.74, 6) is -2.12. The molecule has 48 heavy (non-hydrogen) atoms. The maximum Gasteiger partial charge on any atom is 0.262 e. The molecule has 0 radical (unpaired) electrons. The van der Waals surface area contributed by atoms with Crippen molar-refractivity contribution in [1.29, 1.82) is 5.41 Å². The smallest absolute Gasteiger partial charge is 0.262 e. The van der Waals surface area contributed by atoms with Crippen LogP contribution in [0.15, 0.2) is 60.7 Å². The summed E-state index contributed by atoms with van der Waals surface area (Å²) in [7, 11) is 1.46. The van der Waals surface area contributed by atoms with Gasteiger partial charge in [0.05, 0.1) is 16.3 Å². The van der Waals surface area contributed by atoms with Gasteiger partial charge in [0.15, 0.2) is 5.96 Å². The summed E-state index contributed by atoms with van der Waals surface area (Å²) < 4.78 is 1.92. The lowest BCUT2D eigenvalue weighted by molar-refractivity contribution is -0.127. The Morgan fingerprint density at radius 2 is 1.21 bits per heavy atom. The third-order valence-electron chi connectivity index (χ3n) is 7.45. The Balaban J connectivity index is 1.32. The molecule has 13 nitrogen and oxygen atoms in total. The topological polar surface area (TPSA) is 207 Å². The fourth-order valence-electron chi connectivity index (χ4n) is 4.90. The van der Waals surface area contributed by atoms with Gasteiger partial charge in [0.25, 0.3) is 11.8 Å². The molecule has 0 aliphatic carbocycles. The lowest BCUT2D eigenvalue weighted by atomic mass is 10.1. The van der Waals surface area contributed by atoms with Gasteiger partial charge >= 0.3 is 0 Å². The largest absolute Gasteiger partial charge is 0.370 e. The highest BCUT2D eigenvalue weighted by Crippen LogP contribution is 2.26. The summed E-state index contributed by atoms with van der Waals surface area (Å²) in [6.45, 7) is 0.419. The molecule has 4 rings (SSSR count). The van der Waals surface area contributed by atoms with Crippen LogP contribution in [0.25, 0.3) is 20.2 Å². The summed E-state index contributed by atoms with van der Waals surface area (Å²) in [5.41, 5.74) is 5.36. The number of fused-ring (bicyclic) bond motifs is 2. The Kier molecular flexibility index (Phi) is 13.3. The number of rotatable bonds is 17. The minimum absolute atomic E-state index is 0.175. The maximum atomic E-state index is 13.2. The third kappa shape index (κ3) is 10.5. The molecule has 2 aromatic heterocycles. The van der Waals surface area contributed by atoms with Gasteiger partial charge in [0.2, 0.25) is 17.7 Å². The van der Waals surface area contributed by atoms with Crippen molar-refractivity contribution in [1.82, 2.24) is 31.9 Å². The molecule has 15 heteroatoms. The highest BCUT2D eigenvalue weighted by atomic mass is 32.1. The Labute approximate surface area is 285 Å². The highest BCUT2D eigenvalue weighted by Gasteiger charge is 2.24. The zero-order valence-electron chi connectivity index (χ0n) is 26.5. The van der Waals surface area contributed by atoms with Gasteiger partial charge in [-0.15, -0.1) is 22.7 Å². The van der Waals surface area contributed by atoms with Gasteiger partial charge in [-0.05, 0) is 67.1 Å². The van der Waals surface area contributed by atoms with Crippen LogP contribution in [0.4, 0.5) is 0 Å². The van der Waals surface area contributed by atoms with E-state index in [0.29, 0.717) is 42.0 Å². The molecule has 2 atom stereocenters. The second-order valence-electron chi connectivity index (χ2n) is 11.0. The highest BCUT2D eigenvalue weighted by molar-refractivity contribution is 7.21. The number of guanidine groups is 1. The van der Waals surface area contributed by atoms with Crippen LogP contribution in [0.1, 0.15) is 51.4 Å². The molecule has 0 spiro atoms. The SMILES string of the molecule is CNC(=O)CNC(=O)[C@H](CCCCNC(=O)[C@H](CCCNC(=N)N)NC(=O)c1cc2ccccc2s1)NC(=O)c1cc2ccccc2s1. The van der Waals surface area contributed by atoms with E-state index in [1.165, 1.54) is 29.7 Å². The van der Waals surface area contributed by atoms with Crippen molar-refractivity contribution in [2.45, 2.75) is 44.2 Å². The molecular formula is C33H40N8O5S2. The van der Waals surface area contributed by atoms with E-state index >= 15 is 0 Å². The second kappa shape index (κ2) is 17.8. The number of hydrogen-bond donors (Lipinski definition) is 8. The van der Waals surface area contributed by atoms with E-state index < -0.39 is 18.0 Å². The minimum Gasteiger partial charge on any atom is -0.370 e. The van der Waals surface area contributed by atoms with Crippen molar-refractivity contribution in [3.8, 4) is 0 Å². The molecule has 0 saturated heterocycles. The number of amides is 5. The molecule has 2 heterocycles. The Morgan fingerprint density at radius 3 is 1.73 bits per heavy atom. The van der Waals surface area contributed by atoms with E-state index in [0.717, 1.165) is 20.2 Å². The van der Waals surface area contributed by atoms with E-state index in [1.54, 1.807) is 12.1 Å². The van der Waals surface area contributed by atoms with Crippen molar-refractivity contribution in [2.24, 2.45) is 5.73 Å². The fraction of sp³-hybridized carbons (Fsp3) is 0.333. The molecule has 2 aromatic carbocycles. The van der Waals surface area contributed by atoms with Gasteiger partial charge in [-0.25, -0.2) is 0 Å². The second-order valence-corrected chi connectivity index (χ2v) is 13.2. The molecule has 0 bridgehead atoms. The van der Waals surface area contributed by atoms with Gasteiger partial charge in [0.1, 0.15) is 12.1 Å². The zero-order valence-corrected chi connectivity index (χ0v) is 28.2. The van der Waals surface area contributed by atoms with Crippen LogP contribution in [0.2, 0.25) is 0 Å². The van der Waals surface area contributed by atoms with Gasteiger partial charge in [-0.3, -0.25) is 29.4 Å². The summed E-state index contributed by atoms with van der Waals surface area (Å²) in [4.78, 5) is 65.0. The van der Waals surface area contributed by atoms with Crippen molar-refractivity contribution in [3.63, 3.8) is 0 Å². The molecule has 4 aromatic rings. The fourth-order valence-corrected chi connectivity index (χ4v) is 6.83. The number of nitrogens with two attached hydrogens (primary N) is 1. The van der Waals surface area contributed by atoms with Crippen LogP contribution in [0.5, 0.6) is 0 Å². The molecule has 0 unspecified atom stereocenters. The average Bonchev–Trinajstić information content (AvgIpc) is 3.72. The lowest BCUT2D eigenvalue weighted by Gasteiger charge is -2.19. The molecule has 9 N–H and O–H groups in total. The average molecular weight is 693 g/mol. The van der Waals surface area contributed by atoms with Crippen LogP contribution in [0.3, 0.4) is 0 Å². The van der Waals surface area contributed by atoms with E-state index in [9.17, 15) is 24.0 Å². The van der Waals surface area contributed by atoms with Gasteiger partial charge < -0.3 is 37.6 Å².